The quantitative estimate of drug-likeness (QED) is 0.732. The van der Waals surface area contributed by atoms with Crippen molar-refractivity contribution in [1.29, 1.82) is 0 Å². The molecule has 0 aliphatic carbocycles. The second-order valence-corrected chi connectivity index (χ2v) is 8.00. The molecule has 0 radical (unpaired) electrons. The van der Waals surface area contributed by atoms with Gasteiger partial charge >= 0.3 is 12.1 Å². The number of aromatic nitrogens is 1. The number of carbonyl (C=O) groups excluding carboxylic acids is 2. The average Bonchev–Trinajstić information content (AvgIpc) is 2.93. The molecule has 0 saturated heterocycles. The summed E-state index contributed by atoms with van der Waals surface area (Å²) in [6.07, 6.45) is -0.301. The van der Waals surface area contributed by atoms with Crippen LogP contribution < -0.4 is 4.74 Å². The molecule has 7 nitrogen and oxygen atoms in total. The first kappa shape index (κ1) is 20.2. The Morgan fingerprint density at radius 1 is 1.29 bits per heavy atom. The second-order valence-electron chi connectivity index (χ2n) is 8.00. The van der Waals surface area contributed by atoms with Crippen molar-refractivity contribution in [3.8, 4) is 5.88 Å². The van der Waals surface area contributed by atoms with E-state index in [0.29, 0.717) is 11.1 Å². The number of esters is 1. The summed E-state index contributed by atoms with van der Waals surface area (Å²) in [7, 11) is 1.51. The van der Waals surface area contributed by atoms with Gasteiger partial charge in [-0.3, -0.25) is 4.79 Å². The fourth-order valence-corrected chi connectivity index (χ4v) is 3.46. The maximum atomic E-state index is 13.0. The molecular weight excluding hydrogens is 362 g/mol. The number of carbonyl (C=O) groups is 2. The SMILES string of the molecule is CCOC(=O)[C@@H]1C[C@](C)(OC)Oc2c1c1ccccc1n2C(=O)OC(C)(C)C. The van der Waals surface area contributed by atoms with Gasteiger partial charge in [-0.05, 0) is 33.8 Å². The fraction of sp³-hybridized carbons (Fsp3) is 0.524. The number of fused-ring (bicyclic) bond motifs is 3. The molecule has 28 heavy (non-hydrogen) atoms. The normalized spacial score (nSPS) is 21.7. The number of rotatable bonds is 3. The molecule has 152 valence electrons. The maximum Gasteiger partial charge on any atom is 0.421 e. The van der Waals surface area contributed by atoms with Gasteiger partial charge in [0.05, 0.1) is 18.0 Å². The first-order chi connectivity index (χ1) is 13.1. The molecule has 7 heteroatoms. The first-order valence-electron chi connectivity index (χ1n) is 9.37. The molecule has 0 N–H and O–H groups in total. The van der Waals surface area contributed by atoms with Crippen molar-refractivity contribution in [1.82, 2.24) is 4.57 Å². The zero-order valence-electron chi connectivity index (χ0n) is 17.2. The molecule has 0 unspecified atom stereocenters. The van der Waals surface area contributed by atoms with Crippen LogP contribution >= 0.6 is 0 Å². The van der Waals surface area contributed by atoms with Crippen LogP contribution in [0, 0.1) is 0 Å². The van der Waals surface area contributed by atoms with E-state index in [1.54, 1.807) is 40.7 Å². The molecule has 0 bridgehead atoms. The van der Waals surface area contributed by atoms with Crippen LogP contribution in [0.15, 0.2) is 24.3 Å². The minimum absolute atomic E-state index is 0.254. The Labute approximate surface area is 164 Å². The number of para-hydroxylation sites is 1. The van der Waals surface area contributed by atoms with Gasteiger partial charge in [0.15, 0.2) is 0 Å². The highest BCUT2D eigenvalue weighted by atomic mass is 16.7. The molecule has 0 spiro atoms. The van der Waals surface area contributed by atoms with Gasteiger partial charge in [0.1, 0.15) is 5.60 Å². The Kier molecular flexibility index (Phi) is 5.14. The largest absolute Gasteiger partial charge is 0.466 e. The van der Waals surface area contributed by atoms with Gasteiger partial charge in [-0.2, -0.15) is 0 Å². The van der Waals surface area contributed by atoms with Crippen molar-refractivity contribution >= 4 is 23.0 Å². The summed E-state index contributed by atoms with van der Waals surface area (Å²) >= 11 is 0. The van der Waals surface area contributed by atoms with Crippen LogP contribution in [0.1, 0.15) is 52.5 Å². The van der Waals surface area contributed by atoms with Gasteiger partial charge in [0.2, 0.25) is 11.7 Å². The van der Waals surface area contributed by atoms with Crippen molar-refractivity contribution in [3.63, 3.8) is 0 Å². The zero-order valence-corrected chi connectivity index (χ0v) is 17.2. The molecular formula is C21H27NO6. The molecule has 1 aliphatic rings. The Hall–Kier alpha value is -2.54. The van der Waals surface area contributed by atoms with E-state index in [4.69, 9.17) is 18.9 Å². The topological polar surface area (TPSA) is 76.0 Å². The molecule has 1 aliphatic heterocycles. The van der Waals surface area contributed by atoms with E-state index >= 15 is 0 Å². The molecule has 0 saturated carbocycles. The predicted octanol–water partition coefficient (Wildman–Crippen LogP) is 4.22. The van der Waals surface area contributed by atoms with Gasteiger partial charge in [-0.15, -0.1) is 0 Å². The van der Waals surface area contributed by atoms with Crippen LogP contribution in [0.5, 0.6) is 5.88 Å². The van der Waals surface area contributed by atoms with E-state index in [2.05, 4.69) is 0 Å². The molecule has 2 atom stereocenters. The molecule has 2 heterocycles. The van der Waals surface area contributed by atoms with E-state index in [9.17, 15) is 9.59 Å². The highest BCUT2D eigenvalue weighted by Gasteiger charge is 2.46. The number of ether oxygens (including phenoxy) is 4. The van der Waals surface area contributed by atoms with Crippen LogP contribution in [0.4, 0.5) is 4.79 Å². The van der Waals surface area contributed by atoms with E-state index in [-0.39, 0.29) is 24.9 Å². The Bertz CT molecular complexity index is 909. The summed E-state index contributed by atoms with van der Waals surface area (Å²) in [5.41, 5.74) is 0.542. The van der Waals surface area contributed by atoms with Crippen LogP contribution in [0.2, 0.25) is 0 Å². The summed E-state index contributed by atoms with van der Waals surface area (Å²) in [6, 6.07) is 7.34. The first-order valence-corrected chi connectivity index (χ1v) is 9.37. The summed E-state index contributed by atoms with van der Waals surface area (Å²) in [4.78, 5) is 25.8. The predicted molar refractivity (Wildman–Crippen MR) is 104 cm³/mol. The van der Waals surface area contributed by atoms with Crippen molar-refractivity contribution in [2.75, 3.05) is 13.7 Å². The van der Waals surface area contributed by atoms with Gasteiger partial charge in [0.25, 0.3) is 0 Å². The van der Waals surface area contributed by atoms with Crippen LogP contribution in [0.3, 0.4) is 0 Å². The second kappa shape index (κ2) is 7.13. The monoisotopic (exact) mass is 389 g/mol. The molecule has 3 rings (SSSR count). The van der Waals surface area contributed by atoms with Crippen LogP contribution in [-0.4, -0.2) is 41.7 Å². The lowest BCUT2D eigenvalue weighted by molar-refractivity contribution is -0.178. The third-order valence-corrected chi connectivity index (χ3v) is 4.68. The van der Waals surface area contributed by atoms with Crippen LogP contribution in [-0.2, 0) is 19.0 Å². The zero-order chi connectivity index (χ0) is 20.7. The third kappa shape index (κ3) is 3.58. The fourth-order valence-electron chi connectivity index (χ4n) is 3.46. The van der Waals surface area contributed by atoms with Crippen molar-refractivity contribution in [2.24, 2.45) is 0 Å². The lowest BCUT2D eigenvalue weighted by Gasteiger charge is -2.36. The Morgan fingerprint density at radius 3 is 2.57 bits per heavy atom. The van der Waals surface area contributed by atoms with Crippen LogP contribution in [0.25, 0.3) is 10.9 Å². The average molecular weight is 389 g/mol. The lowest BCUT2D eigenvalue weighted by Crippen LogP contribution is -2.43. The number of hydrogen-bond donors (Lipinski definition) is 0. The lowest BCUT2D eigenvalue weighted by atomic mass is 9.89. The third-order valence-electron chi connectivity index (χ3n) is 4.68. The smallest absolute Gasteiger partial charge is 0.421 e. The Balaban J connectivity index is 2.26. The van der Waals surface area contributed by atoms with E-state index in [0.717, 1.165) is 5.39 Å². The van der Waals surface area contributed by atoms with Gasteiger partial charge in [-0.1, -0.05) is 18.2 Å². The summed E-state index contributed by atoms with van der Waals surface area (Å²) in [5.74, 6) is -1.83. The molecule has 0 fully saturated rings. The number of nitrogens with zero attached hydrogens (tertiary/aromatic N) is 1. The number of methoxy groups -OCH3 is 1. The molecule has 1 aromatic carbocycles. The van der Waals surface area contributed by atoms with E-state index in [1.165, 1.54) is 11.7 Å². The summed E-state index contributed by atoms with van der Waals surface area (Å²) < 4.78 is 23.9. The van der Waals surface area contributed by atoms with E-state index in [1.807, 2.05) is 18.2 Å². The summed E-state index contributed by atoms with van der Waals surface area (Å²) in [5, 5.41) is 0.750. The Morgan fingerprint density at radius 2 is 1.96 bits per heavy atom. The number of hydrogen-bond acceptors (Lipinski definition) is 6. The highest BCUT2D eigenvalue weighted by molar-refractivity contribution is 5.98. The summed E-state index contributed by atoms with van der Waals surface area (Å²) in [6.45, 7) is 9.15. The molecule has 1 aromatic heterocycles. The van der Waals surface area contributed by atoms with Gasteiger partial charge in [-0.25, -0.2) is 9.36 Å². The molecule has 2 aromatic rings. The minimum atomic E-state index is -1.08. The van der Waals surface area contributed by atoms with Crippen molar-refractivity contribution in [3.05, 3.63) is 29.8 Å². The van der Waals surface area contributed by atoms with Gasteiger partial charge in [0, 0.05) is 31.4 Å². The molecule has 0 amide bonds. The standard InChI is InChI=1S/C21H27NO6/c1-7-26-18(23)14-12-21(5,25-6)27-17-16(14)13-10-8-9-11-15(13)22(17)19(24)28-20(2,3)4/h8-11,14H,7,12H2,1-6H3/t14-,21-/m1/s1. The maximum absolute atomic E-state index is 13.0. The van der Waals surface area contributed by atoms with Crippen molar-refractivity contribution in [2.45, 2.75) is 58.3 Å². The van der Waals surface area contributed by atoms with Gasteiger partial charge < -0.3 is 18.9 Å². The van der Waals surface area contributed by atoms with Crippen molar-refractivity contribution < 1.29 is 28.5 Å². The number of benzene rings is 1. The van der Waals surface area contributed by atoms with E-state index < -0.39 is 23.4 Å². The highest BCUT2D eigenvalue weighted by Crippen LogP contribution is 2.47. The minimum Gasteiger partial charge on any atom is -0.466 e.